The van der Waals surface area contributed by atoms with E-state index in [1.165, 1.54) is 51.4 Å². The quantitative estimate of drug-likeness (QED) is 0.640. The third kappa shape index (κ3) is 7.15. The number of rotatable bonds is 6. The minimum atomic E-state index is -0.205. The first kappa shape index (κ1) is 23.9. The Hall–Kier alpha value is 0.280. The van der Waals surface area contributed by atoms with Crippen LogP contribution in [-0.2, 0) is 9.47 Å². The van der Waals surface area contributed by atoms with Crippen molar-refractivity contribution in [3.8, 4) is 0 Å². The van der Waals surface area contributed by atoms with E-state index in [0.29, 0.717) is 0 Å². The van der Waals surface area contributed by atoms with Crippen LogP contribution in [0.25, 0.3) is 0 Å². The van der Waals surface area contributed by atoms with Gasteiger partial charge in [-0.05, 0) is 101 Å². The Bertz CT molecular complexity index is 401. The van der Waals surface area contributed by atoms with E-state index >= 15 is 0 Å². The third-order valence-corrected chi connectivity index (χ3v) is 7.93. The Morgan fingerprint density at radius 3 is 1.41 bits per heavy atom. The monoisotopic (exact) mass is 474 g/mol. The van der Waals surface area contributed by atoms with Crippen molar-refractivity contribution < 1.29 is 14.6 Å². The molecule has 5 nitrogen and oxygen atoms in total. The first-order valence-corrected chi connectivity index (χ1v) is 12.1. The zero-order chi connectivity index (χ0) is 19.2. The fraction of sp³-hybridized carbons (Fsp3) is 1.00. The maximum absolute atomic E-state index is 10.7. The standard InChI is InChI=1S/C23H42N2O3.BrH/c26-23(15-24-9-5-19(6-10-24)21-3-1-13-27-17-21)16-25-11-7-20(8-12-25)22-4-2-14-28-18-22;/h19-23,26H,1-18H2;1H. The summed E-state index contributed by atoms with van der Waals surface area (Å²) in [6, 6.07) is 0. The van der Waals surface area contributed by atoms with Crippen LogP contribution in [-0.4, -0.2) is 86.7 Å². The first-order valence-electron chi connectivity index (χ1n) is 12.1. The molecule has 0 bridgehead atoms. The fourth-order valence-corrected chi connectivity index (χ4v) is 6.14. The number of likely N-dealkylation sites (tertiary alicyclic amines) is 2. The highest BCUT2D eigenvalue weighted by Crippen LogP contribution is 2.32. The van der Waals surface area contributed by atoms with Gasteiger partial charge in [-0.15, -0.1) is 17.0 Å². The van der Waals surface area contributed by atoms with E-state index in [-0.39, 0.29) is 23.1 Å². The molecule has 1 N–H and O–H groups in total. The molecule has 29 heavy (non-hydrogen) atoms. The number of nitrogens with zero attached hydrogens (tertiary/aromatic N) is 2. The molecule has 0 aliphatic carbocycles. The lowest BCUT2D eigenvalue weighted by molar-refractivity contribution is -0.00209. The van der Waals surface area contributed by atoms with Crippen LogP contribution < -0.4 is 0 Å². The zero-order valence-electron chi connectivity index (χ0n) is 18.2. The van der Waals surface area contributed by atoms with E-state index in [9.17, 15) is 5.11 Å². The van der Waals surface area contributed by atoms with E-state index in [1.54, 1.807) is 0 Å². The van der Waals surface area contributed by atoms with Crippen molar-refractivity contribution in [2.45, 2.75) is 57.5 Å². The second-order valence-electron chi connectivity index (χ2n) is 9.88. The summed E-state index contributed by atoms with van der Waals surface area (Å²) in [6.07, 6.45) is 10.1. The average Bonchev–Trinajstić information content (AvgIpc) is 2.76. The maximum atomic E-state index is 10.7. The van der Waals surface area contributed by atoms with Gasteiger partial charge in [0.25, 0.3) is 0 Å². The highest BCUT2D eigenvalue weighted by Gasteiger charge is 2.31. The molecule has 4 heterocycles. The van der Waals surface area contributed by atoms with Crippen LogP contribution in [0, 0.1) is 23.7 Å². The zero-order valence-corrected chi connectivity index (χ0v) is 19.9. The molecular formula is C23H43BrN2O3. The molecule has 0 saturated carbocycles. The summed E-state index contributed by atoms with van der Waals surface area (Å²) in [7, 11) is 0. The van der Waals surface area contributed by atoms with Gasteiger partial charge in [0.15, 0.2) is 0 Å². The lowest BCUT2D eigenvalue weighted by Gasteiger charge is -2.40. The summed E-state index contributed by atoms with van der Waals surface area (Å²) in [5.41, 5.74) is 0. The lowest BCUT2D eigenvalue weighted by atomic mass is 9.81. The van der Waals surface area contributed by atoms with Gasteiger partial charge in [0.1, 0.15) is 0 Å². The summed E-state index contributed by atoms with van der Waals surface area (Å²) >= 11 is 0. The molecule has 4 aliphatic rings. The van der Waals surface area contributed by atoms with Crippen LogP contribution in [0.15, 0.2) is 0 Å². The number of aliphatic hydroxyl groups is 1. The first-order chi connectivity index (χ1) is 13.8. The number of β-amino-alcohol motifs (C(OH)–C–C–N with tert-alkyl or cyclic N) is 1. The van der Waals surface area contributed by atoms with E-state index < -0.39 is 0 Å². The van der Waals surface area contributed by atoms with Crippen molar-refractivity contribution in [1.82, 2.24) is 9.80 Å². The molecule has 4 saturated heterocycles. The molecule has 4 rings (SSSR count). The molecule has 0 aromatic rings. The predicted octanol–water partition coefficient (Wildman–Crippen LogP) is 3.20. The molecule has 0 aromatic carbocycles. The van der Waals surface area contributed by atoms with Gasteiger partial charge in [0.05, 0.1) is 6.10 Å². The second-order valence-corrected chi connectivity index (χ2v) is 9.88. The Kier molecular flexibility index (Phi) is 10.2. The summed E-state index contributed by atoms with van der Waals surface area (Å²) in [6.45, 7) is 10.2. The van der Waals surface area contributed by atoms with Crippen molar-refractivity contribution in [2.75, 3.05) is 65.7 Å². The summed E-state index contributed by atoms with van der Waals surface area (Å²) in [5.74, 6) is 3.27. The molecule has 0 aromatic heterocycles. The van der Waals surface area contributed by atoms with Crippen molar-refractivity contribution in [2.24, 2.45) is 23.7 Å². The topological polar surface area (TPSA) is 45.2 Å². The van der Waals surface area contributed by atoms with Gasteiger partial charge in [0, 0.05) is 39.5 Å². The summed E-state index contributed by atoms with van der Waals surface area (Å²) < 4.78 is 11.4. The van der Waals surface area contributed by atoms with Gasteiger partial charge in [-0.2, -0.15) is 0 Å². The van der Waals surface area contributed by atoms with Gasteiger partial charge in [0.2, 0.25) is 0 Å². The van der Waals surface area contributed by atoms with Crippen LogP contribution >= 0.6 is 17.0 Å². The second kappa shape index (κ2) is 12.4. The number of aliphatic hydroxyl groups excluding tert-OH is 1. The molecule has 4 fully saturated rings. The van der Waals surface area contributed by atoms with Crippen LogP contribution in [0.5, 0.6) is 0 Å². The predicted molar refractivity (Wildman–Crippen MR) is 122 cm³/mol. The van der Waals surface area contributed by atoms with Crippen LogP contribution in [0.1, 0.15) is 51.4 Å². The average molecular weight is 476 g/mol. The Balaban J connectivity index is 0.00000240. The molecule has 0 spiro atoms. The number of piperidine rings is 2. The van der Waals surface area contributed by atoms with E-state index in [4.69, 9.17) is 9.47 Å². The van der Waals surface area contributed by atoms with Crippen molar-refractivity contribution >= 4 is 17.0 Å². The van der Waals surface area contributed by atoms with E-state index in [0.717, 1.165) is 89.4 Å². The highest BCUT2D eigenvalue weighted by molar-refractivity contribution is 8.93. The van der Waals surface area contributed by atoms with Gasteiger partial charge < -0.3 is 24.4 Å². The van der Waals surface area contributed by atoms with Gasteiger partial charge in [-0.3, -0.25) is 0 Å². The van der Waals surface area contributed by atoms with E-state index in [2.05, 4.69) is 9.80 Å². The summed E-state index contributed by atoms with van der Waals surface area (Å²) in [5, 5.41) is 10.7. The van der Waals surface area contributed by atoms with Gasteiger partial charge >= 0.3 is 0 Å². The Morgan fingerprint density at radius 2 is 1.07 bits per heavy atom. The minimum absolute atomic E-state index is 0. The Morgan fingerprint density at radius 1 is 0.655 bits per heavy atom. The van der Waals surface area contributed by atoms with Crippen LogP contribution in [0.2, 0.25) is 0 Å². The smallest absolute Gasteiger partial charge is 0.0793 e. The molecule has 4 aliphatic heterocycles. The van der Waals surface area contributed by atoms with Crippen LogP contribution in [0.3, 0.4) is 0 Å². The highest BCUT2D eigenvalue weighted by atomic mass is 79.9. The normalized spacial score (nSPS) is 32.6. The van der Waals surface area contributed by atoms with Gasteiger partial charge in [-0.25, -0.2) is 0 Å². The molecule has 2 unspecified atom stereocenters. The van der Waals surface area contributed by atoms with Crippen LogP contribution in [0.4, 0.5) is 0 Å². The summed E-state index contributed by atoms with van der Waals surface area (Å²) in [4.78, 5) is 4.99. The van der Waals surface area contributed by atoms with Crippen molar-refractivity contribution in [3.05, 3.63) is 0 Å². The third-order valence-electron chi connectivity index (χ3n) is 7.93. The SMILES string of the molecule is Br.OC(CN1CCC(C2CCCOC2)CC1)CN1CCC(C2CCCOC2)CC1. The molecule has 0 radical (unpaired) electrons. The molecular weight excluding hydrogens is 432 g/mol. The molecule has 0 amide bonds. The largest absolute Gasteiger partial charge is 0.390 e. The molecule has 2 atom stereocenters. The van der Waals surface area contributed by atoms with Gasteiger partial charge in [-0.1, -0.05) is 0 Å². The van der Waals surface area contributed by atoms with Crippen molar-refractivity contribution in [3.63, 3.8) is 0 Å². The number of hydrogen-bond donors (Lipinski definition) is 1. The maximum Gasteiger partial charge on any atom is 0.0793 e. The van der Waals surface area contributed by atoms with Crippen molar-refractivity contribution in [1.29, 1.82) is 0 Å². The number of halogens is 1. The molecule has 170 valence electrons. The molecule has 6 heteroatoms. The number of ether oxygens (including phenoxy) is 2. The lowest BCUT2D eigenvalue weighted by Crippen LogP contribution is -2.46. The number of hydrogen-bond acceptors (Lipinski definition) is 5. The fourth-order valence-electron chi connectivity index (χ4n) is 6.14. The van der Waals surface area contributed by atoms with E-state index in [1.807, 2.05) is 0 Å². The Labute approximate surface area is 188 Å². The minimum Gasteiger partial charge on any atom is -0.390 e.